The van der Waals surface area contributed by atoms with Gasteiger partial charge < -0.3 is 5.32 Å². The molecule has 0 fully saturated rings. The first-order valence-electron chi connectivity index (χ1n) is 6.68. The Morgan fingerprint density at radius 1 is 1.30 bits per heavy atom. The van der Waals surface area contributed by atoms with Crippen molar-refractivity contribution >= 4 is 22.4 Å². The van der Waals surface area contributed by atoms with Crippen LogP contribution in [0.3, 0.4) is 0 Å². The molecule has 0 aliphatic rings. The second-order valence-corrected chi connectivity index (χ2v) is 5.31. The van der Waals surface area contributed by atoms with Crippen LogP contribution in [0, 0.1) is 0 Å². The topological polar surface area (TPSA) is 45.2 Å². The van der Waals surface area contributed by atoms with Crippen molar-refractivity contribution in [3.05, 3.63) is 47.0 Å². The summed E-state index contributed by atoms with van der Waals surface area (Å²) in [6.07, 6.45) is 0. The van der Waals surface area contributed by atoms with Crippen molar-refractivity contribution in [1.29, 1.82) is 0 Å². The average Bonchev–Trinajstić information content (AvgIpc) is 2.89. The highest BCUT2D eigenvalue weighted by Gasteiger charge is 2.12. The first-order chi connectivity index (χ1) is 9.70. The van der Waals surface area contributed by atoms with Crippen LogP contribution in [0.2, 0.25) is 0 Å². The van der Waals surface area contributed by atoms with Gasteiger partial charge in [-0.15, -0.1) is 11.3 Å². The smallest absolute Gasteiger partial charge is 0.225 e. The van der Waals surface area contributed by atoms with Crippen LogP contribution < -0.4 is 10.2 Å². The van der Waals surface area contributed by atoms with Gasteiger partial charge in [0.1, 0.15) is 0 Å². The highest BCUT2D eigenvalue weighted by Crippen LogP contribution is 2.20. The third-order valence-corrected chi connectivity index (χ3v) is 3.86. The van der Waals surface area contributed by atoms with Crippen molar-refractivity contribution in [2.24, 2.45) is 0 Å². The van der Waals surface area contributed by atoms with Crippen LogP contribution in [0.25, 0.3) is 0 Å². The molecule has 0 radical (unpaired) electrons. The summed E-state index contributed by atoms with van der Waals surface area (Å²) in [5.41, 5.74) is 2.22. The van der Waals surface area contributed by atoms with Crippen LogP contribution in [0.5, 0.6) is 0 Å². The molecule has 0 saturated carbocycles. The van der Waals surface area contributed by atoms with Crippen molar-refractivity contribution in [1.82, 2.24) is 10.3 Å². The molecule has 0 aliphatic carbocycles. The molecule has 0 unspecified atom stereocenters. The van der Waals surface area contributed by atoms with E-state index in [1.165, 1.54) is 16.9 Å². The first-order valence-corrected chi connectivity index (χ1v) is 7.55. The molecule has 1 aromatic carbocycles. The van der Waals surface area contributed by atoms with Crippen LogP contribution >= 0.6 is 11.3 Å². The van der Waals surface area contributed by atoms with E-state index >= 15 is 0 Å². The number of aromatic nitrogens is 1. The van der Waals surface area contributed by atoms with Crippen molar-refractivity contribution in [3.63, 3.8) is 0 Å². The molecule has 106 valence electrons. The van der Waals surface area contributed by atoms with Crippen LogP contribution in [0.4, 0.5) is 5.13 Å². The molecule has 4 nitrogen and oxygen atoms in total. The van der Waals surface area contributed by atoms with Crippen molar-refractivity contribution < 1.29 is 4.79 Å². The monoisotopic (exact) mass is 289 g/mol. The Morgan fingerprint density at radius 3 is 2.70 bits per heavy atom. The summed E-state index contributed by atoms with van der Waals surface area (Å²) >= 11 is 1.51. The number of hydrogen-bond donors (Lipinski definition) is 1. The Hall–Kier alpha value is -1.72. The summed E-state index contributed by atoms with van der Waals surface area (Å²) in [7, 11) is 0. The zero-order valence-corrected chi connectivity index (χ0v) is 12.6. The lowest BCUT2D eigenvalue weighted by Gasteiger charge is -2.14. The Kier molecular flexibility index (Phi) is 5.26. The quantitative estimate of drug-likeness (QED) is 0.889. The summed E-state index contributed by atoms with van der Waals surface area (Å²) < 4.78 is 0. The predicted molar refractivity (Wildman–Crippen MR) is 82.8 cm³/mol. The number of carbonyl (C=O) groups excluding carboxylic acids is 1. The lowest BCUT2D eigenvalue weighted by atomic mass is 10.2. The van der Waals surface area contributed by atoms with Gasteiger partial charge in [-0.05, 0) is 12.5 Å². The fourth-order valence-corrected chi connectivity index (χ4v) is 2.86. The number of amides is 1. The normalized spacial score (nSPS) is 10.5. The number of nitrogens with zero attached hydrogens (tertiary/aromatic N) is 2. The largest absolute Gasteiger partial charge is 0.307 e. The van der Waals surface area contributed by atoms with Gasteiger partial charge in [-0.3, -0.25) is 9.69 Å². The van der Waals surface area contributed by atoms with Crippen molar-refractivity contribution in [2.75, 3.05) is 11.4 Å². The molecule has 1 amide bonds. The number of benzene rings is 1. The zero-order chi connectivity index (χ0) is 14.4. The van der Waals surface area contributed by atoms with Crippen LogP contribution in [0.1, 0.15) is 25.1 Å². The van der Waals surface area contributed by atoms with Gasteiger partial charge in [-0.2, -0.15) is 0 Å². The third kappa shape index (κ3) is 3.88. The minimum atomic E-state index is 0.0330. The van der Waals surface area contributed by atoms with E-state index in [0.717, 1.165) is 17.4 Å². The zero-order valence-electron chi connectivity index (χ0n) is 11.8. The molecule has 20 heavy (non-hydrogen) atoms. The molecular formula is C15H19N3OS. The number of carbonyl (C=O) groups is 1. The van der Waals surface area contributed by atoms with Crippen LogP contribution in [-0.4, -0.2) is 17.4 Å². The lowest BCUT2D eigenvalue weighted by molar-refractivity contribution is -0.116. The molecule has 0 aliphatic heterocycles. The van der Waals surface area contributed by atoms with E-state index < -0.39 is 0 Å². The fourth-order valence-electron chi connectivity index (χ4n) is 1.92. The van der Waals surface area contributed by atoms with Gasteiger partial charge in [-0.1, -0.05) is 30.3 Å². The number of rotatable bonds is 6. The van der Waals surface area contributed by atoms with Gasteiger partial charge in [-0.25, -0.2) is 4.98 Å². The lowest BCUT2D eigenvalue weighted by Crippen LogP contribution is -2.27. The third-order valence-electron chi connectivity index (χ3n) is 2.94. The van der Waals surface area contributed by atoms with Gasteiger partial charge in [0, 0.05) is 31.9 Å². The molecule has 1 aromatic heterocycles. The molecule has 0 spiro atoms. The Balaban J connectivity index is 1.88. The summed E-state index contributed by atoms with van der Waals surface area (Å²) in [6, 6.07) is 10.3. The minimum absolute atomic E-state index is 0.0330. The molecule has 0 atom stereocenters. The highest BCUT2D eigenvalue weighted by molar-refractivity contribution is 7.14. The van der Waals surface area contributed by atoms with E-state index in [0.29, 0.717) is 13.1 Å². The van der Waals surface area contributed by atoms with Crippen LogP contribution in [0.15, 0.2) is 35.7 Å². The minimum Gasteiger partial charge on any atom is -0.307 e. The molecular weight excluding hydrogens is 270 g/mol. The van der Waals surface area contributed by atoms with Crippen LogP contribution in [-0.2, 0) is 17.9 Å². The second-order valence-electron chi connectivity index (χ2n) is 4.47. The Labute approximate surface area is 123 Å². The summed E-state index contributed by atoms with van der Waals surface area (Å²) in [5.74, 6) is 0.0330. The van der Waals surface area contributed by atoms with Gasteiger partial charge in [0.2, 0.25) is 5.91 Å². The van der Waals surface area contributed by atoms with Gasteiger partial charge in [0.05, 0.1) is 5.69 Å². The SMILES string of the molecule is CCN(C(C)=O)c1nc(CNCc2ccccc2)cs1. The van der Waals surface area contributed by atoms with E-state index in [2.05, 4.69) is 22.4 Å². The standard InChI is InChI=1S/C15H19N3OS/c1-3-18(12(2)19)15-17-14(11-20-15)10-16-9-13-7-5-4-6-8-13/h4-8,11,16H,3,9-10H2,1-2H3. The molecule has 1 N–H and O–H groups in total. The Morgan fingerprint density at radius 2 is 2.05 bits per heavy atom. The molecule has 1 heterocycles. The average molecular weight is 289 g/mol. The molecule has 0 bridgehead atoms. The van der Waals surface area contributed by atoms with Crippen molar-refractivity contribution in [3.8, 4) is 0 Å². The molecule has 2 rings (SSSR count). The van der Waals surface area contributed by atoms with Gasteiger partial charge in [0.25, 0.3) is 0 Å². The molecule has 2 aromatic rings. The fraction of sp³-hybridized carbons (Fsp3) is 0.333. The van der Waals surface area contributed by atoms with E-state index in [1.54, 1.807) is 11.8 Å². The maximum atomic E-state index is 11.5. The van der Waals surface area contributed by atoms with E-state index in [-0.39, 0.29) is 5.91 Å². The second kappa shape index (κ2) is 7.17. The van der Waals surface area contributed by atoms with E-state index in [4.69, 9.17) is 0 Å². The van der Waals surface area contributed by atoms with Crippen molar-refractivity contribution in [2.45, 2.75) is 26.9 Å². The number of anilines is 1. The highest BCUT2D eigenvalue weighted by atomic mass is 32.1. The molecule has 5 heteroatoms. The maximum Gasteiger partial charge on any atom is 0.225 e. The van der Waals surface area contributed by atoms with Gasteiger partial charge >= 0.3 is 0 Å². The van der Waals surface area contributed by atoms with E-state index in [1.807, 2.05) is 30.5 Å². The molecule has 0 saturated heterocycles. The Bertz CT molecular complexity index is 553. The number of thiazole rings is 1. The van der Waals surface area contributed by atoms with Gasteiger partial charge in [0.15, 0.2) is 5.13 Å². The summed E-state index contributed by atoms with van der Waals surface area (Å²) in [4.78, 5) is 17.6. The predicted octanol–water partition coefficient (Wildman–Crippen LogP) is 2.81. The summed E-state index contributed by atoms with van der Waals surface area (Å²) in [5, 5.41) is 6.13. The maximum absolute atomic E-state index is 11.5. The first kappa shape index (κ1) is 14.7. The number of nitrogens with one attached hydrogen (secondary N) is 1. The van der Waals surface area contributed by atoms with E-state index in [9.17, 15) is 4.79 Å². The summed E-state index contributed by atoms with van der Waals surface area (Å²) in [6.45, 7) is 5.70. The number of hydrogen-bond acceptors (Lipinski definition) is 4.